The molecule has 94 valence electrons. The van der Waals surface area contributed by atoms with Crippen LogP contribution >= 0.6 is 0 Å². The highest BCUT2D eigenvalue weighted by Crippen LogP contribution is 1.90. The van der Waals surface area contributed by atoms with Gasteiger partial charge >= 0.3 is 0 Å². The van der Waals surface area contributed by atoms with Crippen LogP contribution in [-0.2, 0) is 14.3 Å². The van der Waals surface area contributed by atoms with Gasteiger partial charge in [-0.15, -0.1) is 0 Å². The quantitative estimate of drug-likeness (QED) is 0.455. The molecule has 0 aromatic heterocycles. The van der Waals surface area contributed by atoms with Gasteiger partial charge in [-0.25, -0.2) is 0 Å². The van der Waals surface area contributed by atoms with E-state index in [0.717, 1.165) is 0 Å². The van der Waals surface area contributed by atoms with E-state index < -0.39 is 0 Å². The zero-order valence-corrected chi connectivity index (χ0v) is 10.1. The third kappa shape index (κ3) is 7.19. The summed E-state index contributed by atoms with van der Waals surface area (Å²) in [4.78, 5) is 22.6. The molecule has 0 aromatic rings. The lowest BCUT2D eigenvalue weighted by atomic mass is 10.1. The number of ether oxygens (including phenoxy) is 1. The lowest BCUT2D eigenvalue weighted by Crippen LogP contribution is -2.41. The number of hydrogen-bond acceptors (Lipinski definition) is 4. The first-order valence-corrected chi connectivity index (χ1v) is 5.29. The Balaban J connectivity index is 3.62. The summed E-state index contributed by atoms with van der Waals surface area (Å²) in [6.45, 7) is 3.33. The van der Waals surface area contributed by atoms with Crippen LogP contribution in [0, 0.1) is 5.92 Å². The monoisotopic (exact) mass is 231 g/mol. The minimum absolute atomic E-state index is 0.0105. The van der Waals surface area contributed by atoms with Crippen LogP contribution in [0.3, 0.4) is 0 Å². The van der Waals surface area contributed by atoms with Crippen molar-refractivity contribution < 1.29 is 14.3 Å². The van der Waals surface area contributed by atoms with Crippen molar-refractivity contribution in [1.29, 1.82) is 0 Å². The molecule has 6 nitrogen and oxygen atoms in total. The van der Waals surface area contributed by atoms with Gasteiger partial charge in [0.2, 0.25) is 11.8 Å². The Kier molecular flexibility index (Phi) is 8.46. The smallest absolute Gasteiger partial charge is 0.239 e. The molecule has 0 aliphatic rings. The van der Waals surface area contributed by atoms with Crippen LogP contribution in [0.15, 0.2) is 0 Å². The van der Waals surface area contributed by atoms with Gasteiger partial charge in [-0.05, 0) is 7.05 Å². The average molecular weight is 231 g/mol. The van der Waals surface area contributed by atoms with Gasteiger partial charge < -0.3 is 20.7 Å². The SMILES string of the molecule is CNCC(C)C(=O)NCC(=O)NCCOC. The second kappa shape index (κ2) is 9.11. The maximum atomic E-state index is 11.4. The Labute approximate surface area is 96.1 Å². The predicted octanol–water partition coefficient (Wildman–Crippen LogP) is -1.28. The largest absolute Gasteiger partial charge is 0.383 e. The lowest BCUT2D eigenvalue weighted by Gasteiger charge is -2.11. The first-order valence-electron chi connectivity index (χ1n) is 5.29. The summed E-state index contributed by atoms with van der Waals surface area (Å²) in [5.41, 5.74) is 0. The zero-order valence-electron chi connectivity index (χ0n) is 10.1. The van der Waals surface area contributed by atoms with Crippen LogP contribution < -0.4 is 16.0 Å². The zero-order chi connectivity index (χ0) is 12.4. The summed E-state index contributed by atoms with van der Waals surface area (Å²) in [7, 11) is 3.34. The summed E-state index contributed by atoms with van der Waals surface area (Å²) in [5, 5.41) is 8.08. The first kappa shape index (κ1) is 14.9. The highest BCUT2D eigenvalue weighted by atomic mass is 16.5. The summed E-state index contributed by atoms with van der Waals surface area (Å²) in [6, 6.07) is 0. The molecule has 0 rings (SSSR count). The molecule has 0 aliphatic carbocycles. The maximum absolute atomic E-state index is 11.4. The molecule has 0 saturated carbocycles. The number of carbonyl (C=O) groups excluding carboxylic acids is 2. The van der Waals surface area contributed by atoms with Crippen molar-refractivity contribution in [1.82, 2.24) is 16.0 Å². The Morgan fingerprint density at radius 3 is 2.56 bits per heavy atom. The molecule has 0 aromatic carbocycles. The molecule has 1 unspecified atom stereocenters. The summed E-state index contributed by atoms with van der Waals surface area (Å²) < 4.78 is 4.78. The number of methoxy groups -OCH3 is 1. The van der Waals surface area contributed by atoms with E-state index in [0.29, 0.717) is 19.7 Å². The number of nitrogens with one attached hydrogen (secondary N) is 3. The second-order valence-electron chi connectivity index (χ2n) is 3.52. The van der Waals surface area contributed by atoms with Crippen molar-refractivity contribution in [3.63, 3.8) is 0 Å². The van der Waals surface area contributed by atoms with Crippen molar-refractivity contribution in [2.45, 2.75) is 6.92 Å². The van der Waals surface area contributed by atoms with E-state index in [4.69, 9.17) is 4.74 Å². The van der Waals surface area contributed by atoms with Crippen molar-refractivity contribution in [3.05, 3.63) is 0 Å². The number of hydrogen-bond donors (Lipinski definition) is 3. The minimum atomic E-state index is -0.206. The number of rotatable bonds is 8. The van der Waals surface area contributed by atoms with Gasteiger partial charge in [0.25, 0.3) is 0 Å². The van der Waals surface area contributed by atoms with Crippen molar-refractivity contribution >= 4 is 11.8 Å². The molecule has 0 spiro atoms. The Hall–Kier alpha value is -1.14. The Morgan fingerprint density at radius 2 is 2.00 bits per heavy atom. The van der Waals surface area contributed by atoms with Gasteiger partial charge in [-0.1, -0.05) is 6.92 Å². The van der Waals surface area contributed by atoms with E-state index in [1.807, 2.05) is 0 Å². The molecule has 2 amide bonds. The molecule has 0 bridgehead atoms. The van der Waals surface area contributed by atoms with Crippen LogP contribution in [-0.4, -0.2) is 52.2 Å². The van der Waals surface area contributed by atoms with Crippen molar-refractivity contribution in [2.75, 3.05) is 40.4 Å². The van der Waals surface area contributed by atoms with Gasteiger partial charge in [-0.2, -0.15) is 0 Å². The van der Waals surface area contributed by atoms with E-state index >= 15 is 0 Å². The molecule has 0 fully saturated rings. The molecule has 1 atom stereocenters. The fourth-order valence-electron chi connectivity index (χ4n) is 1.10. The predicted molar refractivity (Wildman–Crippen MR) is 61.0 cm³/mol. The fourth-order valence-corrected chi connectivity index (χ4v) is 1.10. The third-order valence-electron chi connectivity index (χ3n) is 2.01. The van der Waals surface area contributed by atoms with Crippen LogP contribution in [0.4, 0.5) is 0 Å². The van der Waals surface area contributed by atoms with E-state index in [1.165, 1.54) is 0 Å². The van der Waals surface area contributed by atoms with E-state index in [2.05, 4.69) is 16.0 Å². The number of amides is 2. The summed E-state index contributed by atoms with van der Waals surface area (Å²) in [6.07, 6.45) is 0. The van der Waals surface area contributed by atoms with Crippen LogP contribution in [0.25, 0.3) is 0 Å². The number of carbonyl (C=O) groups is 2. The average Bonchev–Trinajstić information content (AvgIpc) is 2.26. The molecule has 6 heteroatoms. The maximum Gasteiger partial charge on any atom is 0.239 e. The van der Waals surface area contributed by atoms with Gasteiger partial charge in [-0.3, -0.25) is 9.59 Å². The van der Waals surface area contributed by atoms with Crippen molar-refractivity contribution in [3.8, 4) is 0 Å². The Morgan fingerprint density at radius 1 is 1.31 bits per heavy atom. The molecule has 0 aliphatic heterocycles. The van der Waals surface area contributed by atoms with E-state index in [1.54, 1.807) is 21.1 Å². The Bertz CT molecular complexity index is 221. The van der Waals surface area contributed by atoms with Gasteiger partial charge in [0.15, 0.2) is 0 Å². The molecule has 0 saturated heterocycles. The fraction of sp³-hybridized carbons (Fsp3) is 0.800. The molecular weight excluding hydrogens is 210 g/mol. The standard InChI is InChI=1S/C10H21N3O3/c1-8(6-11-2)10(15)13-7-9(14)12-4-5-16-3/h8,11H,4-7H2,1-3H3,(H,12,14)(H,13,15). The topological polar surface area (TPSA) is 79.5 Å². The molecule has 3 N–H and O–H groups in total. The van der Waals surface area contributed by atoms with Gasteiger partial charge in [0, 0.05) is 26.1 Å². The highest BCUT2D eigenvalue weighted by molar-refractivity contribution is 5.85. The van der Waals surface area contributed by atoms with Crippen LogP contribution in [0.5, 0.6) is 0 Å². The van der Waals surface area contributed by atoms with Crippen LogP contribution in [0.1, 0.15) is 6.92 Å². The van der Waals surface area contributed by atoms with E-state index in [-0.39, 0.29) is 24.3 Å². The van der Waals surface area contributed by atoms with E-state index in [9.17, 15) is 9.59 Å². The minimum Gasteiger partial charge on any atom is -0.383 e. The lowest BCUT2D eigenvalue weighted by molar-refractivity contribution is -0.128. The summed E-state index contributed by atoms with van der Waals surface area (Å²) >= 11 is 0. The molecule has 16 heavy (non-hydrogen) atoms. The normalized spacial score (nSPS) is 11.9. The highest BCUT2D eigenvalue weighted by Gasteiger charge is 2.12. The van der Waals surface area contributed by atoms with Crippen LogP contribution in [0.2, 0.25) is 0 Å². The van der Waals surface area contributed by atoms with Crippen molar-refractivity contribution in [2.24, 2.45) is 5.92 Å². The molecule has 0 radical (unpaired) electrons. The molecule has 0 heterocycles. The van der Waals surface area contributed by atoms with Gasteiger partial charge in [0.05, 0.1) is 13.2 Å². The second-order valence-corrected chi connectivity index (χ2v) is 3.52. The first-order chi connectivity index (χ1) is 7.61. The third-order valence-corrected chi connectivity index (χ3v) is 2.01. The van der Waals surface area contributed by atoms with Gasteiger partial charge in [0.1, 0.15) is 0 Å². The summed E-state index contributed by atoms with van der Waals surface area (Å²) in [5.74, 6) is -0.477. The molecular formula is C10H21N3O3.